The monoisotopic (exact) mass is 352 g/mol. The largest absolute Gasteiger partial charge is 0.494 e. The molecular weight excluding hydrogens is 328 g/mol. The molecule has 2 aromatic carbocycles. The normalized spacial score (nSPS) is 13.5. The van der Waals surface area contributed by atoms with E-state index >= 15 is 0 Å². The highest BCUT2D eigenvalue weighted by Gasteiger charge is 2.19. The predicted octanol–water partition coefficient (Wildman–Crippen LogP) is 3.96. The van der Waals surface area contributed by atoms with Crippen LogP contribution in [-0.2, 0) is 0 Å². The van der Waals surface area contributed by atoms with Crippen LogP contribution in [-0.4, -0.2) is 36.4 Å². The van der Waals surface area contributed by atoms with Crippen molar-refractivity contribution in [3.05, 3.63) is 59.7 Å². The van der Waals surface area contributed by atoms with E-state index in [0.29, 0.717) is 23.4 Å². The molecule has 5 heteroatoms. The first kappa shape index (κ1) is 18.0. The van der Waals surface area contributed by atoms with Crippen molar-refractivity contribution in [2.24, 2.45) is 0 Å². The third kappa shape index (κ3) is 4.42. The lowest BCUT2D eigenvalue weighted by Crippen LogP contribution is -2.27. The summed E-state index contributed by atoms with van der Waals surface area (Å²) in [5.41, 5.74) is 1.77. The zero-order valence-electron chi connectivity index (χ0n) is 15.0. The molecule has 0 bridgehead atoms. The number of nitrogens with one attached hydrogen (secondary N) is 1. The molecule has 136 valence electrons. The number of anilines is 1. The first-order valence-corrected chi connectivity index (χ1v) is 9.11. The Kier molecular flexibility index (Phi) is 5.89. The quantitative estimate of drug-likeness (QED) is 0.856. The van der Waals surface area contributed by atoms with Crippen LogP contribution in [0.1, 0.15) is 46.9 Å². The van der Waals surface area contributed by atoms with Crippen LogP contribution in [0, 0.1) is 0 Å². The third-order valence-corrected chi connectivity index (χ3v) is 4.35. The SMILES string of the molecule is CCCOc1ccc(C(=O)Nc2cccc(C(=O)N3CCCC3)c2)cc1. The number of likely N-dealkylation sites (tertiary alicyclic amines) is 1. The van der Waals surface area contributed by atoms with E-state index < -0.39 is 0 Å². The molecule has 0 aromatic heterocycles. The summed E-state index contributed by atoms with van der Waals surface area (Å²) in [6.45, 7) is 4.32. The Bertz CT molecular complexity index is 765. The van der Waals surface area contributed by atoms with Gasteiger partial charge in [-0.1, -0.05) is 13.0 Å². The molecule has 0 atom stereocenters. The molecule has 26 heavy (non-hydrogen) atoms. The summed E-state index contributed by atoms with van der Waals surface area (Å²) in [6.07, 6.45) is 3.05. The van der Waals surface area contributed by atoms with Crippen molar-refractivity contribution in [3.63, 3.8) is 0 Å². The van der Waals surface area contributed by atoms with Crippen LogP contribution in [0.3, 0.4) is 0 Å². The van der Waals surface area contributed by atoms with Crippen molar-refractivity contribution in [1.29, 1.82) is 0 Å². The summed E-state index contributed by atoms with van der Waals surface area (Å²) < 4.78 is 5.53. The highest BCUT2D eigenvalue weighted by Crippen LogP contribution is 2.18. The van der Waals surface area contributed by atoms with E-state index in [1.165, 1.54) is 0 Å². The highest BCUT2D eigenvalue weighted by atomic mass is 16.5. The van der Waals surface area contributed by atoms with E-state index in [9.17, 15) is 9.59 Å². The fraction of sp³-hybridized carbons (Fsp3) is 0.333. The predicted molar refractivity (Wildman–Crippen MR) is 102 cm³/mol. The molecule has 1 aliphatic heterocycles. The lowest BCUT2D eigenvalue weighted by Gasteiger charge is -2.15. The maximum atomic E-state index is 12.5. The molecule has 2 amide bonds. The van der Waals surface area contributed by atoms with Gasteiger partial charge in [0, 0.05) is 29.9 Å². The van der Waals surface area contributed by atoms with Gasteiger partial charge in [0.1, 0.15) is 5.75 Å². The van der Waals surface area contributed by atoms with Gasteiger partial charge in [-0.25, -0.2) is 0 Å². The van der Waals surface area contributed by atoms with Crippen molar-refractivity contribution in [3.8, 4) is 5.75 Å². The average Bonchev–Trinajstić information content (AvgIpc) is 3.21. The lowest BCUT2D eigenvalue weighted by molar-refractivity contribution is 0.0792. The number of hydrogen-bond donors (Lipinski definition) is 1. The number of carbonyl (C=O) groups excluding carboxylic acids is 2. The van der Waals surface area contributed by atoms with Gasteiger partial charge in [0.15, 0.2) is 0 Å². The fourth-order valence-corrected chi connectivity index (χ4v) is 2.96. The molecule has 3 rings (SSSR count). The van der Waals surface area contributed by atoms with Gasteiger partial charge in [-0.3, -0.25) is 9.59 Å². The van der Waals surface area contributed by atoms with Gasteiger partial charge in [-0.2, -0.15) is 0 Å². The Morgan fingerprint density at radius 3 is 2.46 bits per heavy atom. The number of hydrogen-bond acceptors (Lipinski definition) is 3. The minimum absolute atomic E-state index is 0.0241. The van der Waals surface area contributed by atoms with Gasteiger partial charge in [-0.15, -0.1) is 0 Å². The van der Waals surface area contributed by atoms with Crippen LogP contribution < -0.4 is 10.1 Å². The molecule has 0 radical (unpaired) electrons. The van der Waals surface area contributed by atoms with E-state index in [2.05, 4.69) is 5.32 Å². The van der Waals surface area contributed by atoms with Crippen LogP contribution in [0.2, 0.25) is 0 Å². The summed E-state index contributed by atoms with van der Waals surface area (Å²) in [6, 6.07) is 14.2. The highest BCUT2D eigenvalue weighted by molar-refractivity contribution is 6.05. The van der Waals surface area contributed by atoms with Gasteiger partial charge in [0.25, 0.3) is 11.8 Å². The molecule has 1 N–H and O–H groups in total. The molecule has 0 saturated carbocycles. The van der Waals surface area contributed by atoms with E-state index in [0.717, 1.165) is 38.1 Å². The van der Waals surface area contributed by atoms with Crippen molar-refractivity contribution in [2.45, 2.75) is 26.2 Å². The second kappa shape index (κ2) is 8.52. The zero-order valence-corrected chi connectivity index (χ0v) is 15.0. The Balaban J connectivity index is 1.65. The summed E-state index contributed by atoms with van der Waals surface area (Å²) >= 11 is 0. The molecule has 0 spiro atoms. The van der Waals surface area contributed by atoms with Gasteiger partial charge >= 0.3 is 0 Å². The van der Waals surface area contributed by atoms with Crippen molar-refractivity contribution < 1.29 is 14.3 Å². The van der Waals surface area contributed by atoms with Crippen LogP contribution in [0.25, 0.3) is 0 Å². The minimum Gasteiger partial charge on any atom is -0.494 e. The smallest absolute Gasteiger partial charge is 0.255 e. The molecule has 1 fully saturated rings. The minimum atomic E-state index is -0.210. The van der Waals surface area contributed by atoms with E-state index in [1.54, 1.807) is 48.5 Å². The maximum absolute atomic E-state index is 12.5. The average molecular weight is 352 g/mol. The van der Waals surface area contributed by atoms with Crippen LogP contribution in [0.15, 0.2) is 48.5 Å². The lowest BCUT2D eigenvalue weighted by atomic mass is 10.1. The number of carbonyl (C=O) groups is 2. The van der Waals surface area contributed by atoms with Gasteiger partial charge in [0.05, 0.1) is 6.61 Å². The molecular formula is C21H24N2O3. The van der Waals surface area contributed by atoms with E-state index in [4.69, 9.17) is 4.74 Å². The summed E-state index contributed by atoms with van der Waals surface area (Å²) in [4.78, 5) is 26.8. The molecule has 1 aliphatic rings. The Morgan fingerprint density at radius 2 is 1.77 bits per heavy atom. The topological polar surface area (TPSA) is 58.6 Å². The third-order valence-electron chi connectivity index (χ3n) is 4.35. The van der Waals surface area contributed by atoms with Crippen molar-refractivity contribution in [2.75, 3.05) is 25.0 Å². The Hall–Kier alpha value is -2.82. The zero-order chi connectivity index (χ0) is 18.4. The molecule has 1 heterocycles. The first-order valence-electron chi connectivity index (χ1n) is 9.11. The molecule has 0 unspecified atom stereocenters. The van der Waals surface area contributed by atoms with Gasteiger partial charge in [0.2, 0.25) is 0 Å². The number of benzene rings is 2. The number of nitrogens with zero attached hydrogens (tertiary/aromatic N) is 1. The summed E-state index contributed by atoms with van der Waals surface area (Å²) in [7, 11) is 0. The summed E-state index contributed by atoms with van der Waals surface area (Å²) in [5, 5.41) is 2.86. The molecule has 2 aromatic rings. The standard InChI is InChI=1S/C21H24N2O3/c1-2-14-26-19-10-8-16(9-11-19)20(24)22-18-7-5-6-17(15-18)21(25)23-12-3-4-13-23/h5-11,15H,2-4,12-14H2,1H3,(H,22,24). The van der Waals surface area contributed by atoms with Crippen LogP contribution in [0.4, 0.5) is 5.69 Å². The number of rotatable bonds is 6. The first-order chi connectivity index (χ1) is 12.7. The number of amides is 2. The van der Waals surface area contributed by atoms with Crippen molar-refractivity contribution in [1.82, 2.24) is 4.90 Å². The van der Waals surface area contributed by atoms with Gasteiger partial charge in [-0.05, 0) is 61.7 Å². The Labute approximate surface area is 154 Å². The van der Waals surface area contributed by atoms with E-state index in [1.807, 2.05) is 11.8 Å². The fourth-order valence-electron chi connectivity index (χ4n) is 2.96. The number of ether oxygens (including phenoxy) is 1. The maximum Gasteiger partial charge on any atom is 0.255 e. The van der Waals surface area contributed by atoms with Crippen LogP contribution >= 0.6 is 0 Å². The molecule has 1 saturated heterocycles. The summed E-state index contributed by atoms with van der Waals surface area (Å²) in [5.74, 6) is 0.565. The Morgan fingerprint density at radius 1 is 1.04 bits per heavy atom. The second-order valence-corrected chi connectivity index (χ2v) is 6.41. The van der Waals surface area contributed by atoms with Crippen molar-refractivity contribution >= 4 is 17.5 Å². The second-order valence-electron chi connectivity index (χ2n) is 6.41. The van der Waals surface area contributed by atoms with Gasteiger partial charge < -0.3 is 15.0 Å². The molecule has 0 aliphatic carbocycles. The van der Waals surface area contributed by atoms with E-state index in [-0.39, 0.29) is 11.8 Å². The molecule has 5 nitrogen and oxygen atoms in total. The van der Waals surface area contributed by atoms with Crippen LogP contribution in [0.5, 0.6) is 5.75 Å².